The minimum atomic E-state index is -0.267. The maximum atomic E-state index is 13.2. The Morgan fingerprint density at radius 2 is 1.86 bits per heavy atom. The molecule has 1 aliphatic heterocycles. The average molecular weight is 412 g/mol. The van der Waals surface area contributed by atoms with E-state index in [2.05, 4.69) is 14.9 Å². The third-order valence-electron chi connectivity index (χ3n) is 4.91. The Balaban J connectivity index is 1.44. The smallest absolute Gasteiger partial charge is 0.264 e. The van der Waals surface area contributed by atoms with Crippen LogP contribution in [0.5, 0.6) is 5.88 Å². The fourth-order valence-electron chi connectivity index (χ4n) is 3.34. The van der Waals surface area contributed by atoms with Crippen LogP contribution in [0.3, 0.4) is 0 Å². The summed E-state index contributed by atoms with van der Waals surface area (Å²) in [6.45, 7) is 4.50. The number of hydrogen-bond donors (Lipinski definition) is 0. The summed E-state index contributed by atoms with van der Waals surface area (Å²) in [4.78, 5) is 27.3. The summed E-state index contributed by atoms with van der Waals surface area (Å²) in [5.74, 6) is 0.896. The summed E-state index contributed by atoms with van der Waals surface area (Å²) in [7, 11) is 1.58. The maximum absolute atomic E-state index is 13.2. The van der Waals surface area contributed by atoms with E-state index in [4.69, 9.17) is 4.74 Å². The van der Waals surface area contributed by atoms with E-state index in [0.29, 0.717) is 42.9 Å². The number of benzene rings is 1. The van der Waals surface area contributed by atoms with Gasteiger partial charge in [0.1, 0.15) is 5.82 Å². The zero-order chi connectivity index (χ0) is 20.4. The van der Waals surface area contributed by atoms with Gasteiger partial charge in [-0.25, -0.2) is 9.37 Å². The van der Waals surface area contributed by atoms with Gasteiger partial charge in [0.2, 0.25) is 11.8 Å². The molecule has 4 rings (SSSR count). The van der Waals surface area contributed by atoms with Gasteiger partial charge in [0.25, 0.3) is 5.91 Å². The Labute approximate surface area is 172 Å². The largest absolute Gasteiger partial charge is 0.481 e. The lowest BCUT2D eigenvalue weighted by molar-refractivity contribution is 0.0751. The number of nitrogens with zero attached hydrogens (tertiary/aromatic N) is 4. The van der Waals surface area contributed by atoms with Crippen molar-refractivity contribution in [2.45, 2.75) is 6.92 Å². The molecule has 0 unspecified atom stereocenters. The molecule has 3 aromatic rings. The van der Waals surface area contributed by atoms with Crippen LogP contribution in [0.1, 0.15) is 15.2 Å². The van der Waals surface area contributed by atoms with Gasteiger partial charge in [-0.05, 0) is 36.2 Å². The molecule has 1 saturated heterocycles. The van der Waals surface area contributed by atoms with Gasteiger partial charge < -0.3 is 14.5 Å². The number of ether oxygens (including phenoxy) is 1. The quantitative estimate of drug-likeness (QED) is 0.655. The normalized spacial score (nSPS) is 14.2. The fourth-order valence-corrected chi connectivity index (χ4v) is 4.49. The highest BCUT2D eigenvalue weighted by Crippen LogP contribution is 2.33. The molecule has 1 fully saturated rings. The monoisotopic (exact) mass is 412 g/mol. The molecule has 0 atom stereocenters. The third-order valence-corrected chi connectivity index (χ3v) is 6.19. The molecule has 0 N–H and O–H groups in total. The molecule has 150 valence electrons. The van der Waals surface area contributed by atoms with Crippen LogP contribution in [0, 0.1) is 12.7 Å². The first kappa shape index (κ1) is 19.3. The van der Waals surface area contributed by atoms with Crippen LogP contribution < -0.4 is 9.64 Å². The van der Waals surface area contributed by atoms with Crippen molar-refractivity contribution < 1.29 is 13.9 Å². The molecule has 0 saturated carbocycles. The third kappa shape index (κ3) is 4.07. The number of amides is 1. The SMILES string of the molecule is COc1ccnc(N2CCN(C(=O)c3cc(C)c(-c4ccc(F)cc4)s3)CC2)n1. The molecule has 1 aliphatic rings. The number of aromatic nitrogens is 2. The van der Waals surface area contributed by atoms with Crippen LogP contribution in [-0.4, -0.2) is 54.1 Å². The molecule has 0 aliphatic carbocycles. The second-order valence-electron chi connectivity index (χ2n) is 6.81. The van der Waals surface area contributed by atoms with Gasteiger partial charge in [0, 0.05) is 43.3 Å². The van der Waals surface area contributed by atoms with Crippen molar-refractivity contribution in [1.82, 2.24) is 14.9 Å². The summed E-state index contributed by atoms with van der Waals surface area (Å²) < 4.78 is 18.4. The van der Waals surface area contributed by atoms with Crippen LogP contribution in [0.25, 0.3) is 10.4 Å². The van der Waals surface area contributed by atoms with Crippen molar-refractivity contribution in [2.24, 2.45) is 0 Å². The van der Waals surface area contributed by atoms with Crippen LogP contribution in [0.15, 0.2) is 42.6 Å². The van der Waals surface area contributed by atoms with E-state index in [1.165, 1.54) is 23.5 Å². The number of rotatable bonds is 4. The molecule has 8 heteroatoms. The summed E-state index contributed by atoms with van der Waals surface area (Å²) in [5, 5.41) is 0. The van der Waals surface area contributed by atoms with E-state index in [0.717, 1.165) is 16.0 Å². The number of halogens is 1. The van der Waals surface area contributed by atoms with Crippen LogP contribution >= 0.6 is 11.3 Å². The molecule has 29 heavy (non-hydrogen) atoms. The van der Waals surface area contributed by atoms with Crippen LogP contribution in [0.4, 0.5) is 10.3 Å². The highest BCUT2D eigenvalue weighted by Gasteiger charge is 2.25. The maximum Gasteiger partial charge on any atom is 0.264 e. The molecule has 2 aromatic heterocycles. The van der Waals surface area contributed by atoms with Gasteiger partial charge in [-0.2, -0.15) is 4.98 Å². The topological polar surface area (TPSA) is 58.6 Å². The molecule has 0 spiro atoms. The molecule has 6 nitrogen and oxygen atoms in total. The van der Waals surface area contributed by atoms with Gasteiger partial charge >= 0.3 is 0 Å². The first-order valence-corrected chi connectivity index (χ1v) is 10.1. The molecule has 1 aromatic carbocycles. The molecular weight excluding hydrogens is 391 g/mol. The van der Waals surface area contributed by atoms with E-state index in [1.807, 2.05) is 17.9 Å². The Bertz CT molecular complexity index is 1010. The molecule has 0 bridgehead atoms. The van der Waals surface area contributed by atoms with E-state index >= 15 is 0 Å². The Kier molecular flexibility index (Phi) is 5.44. The lowest BCUT2D eigenvalue weighted by Crippen LogP contribution is -2.49. The number of anilines is 1. The Morgan fingerprint density at radius 3 is 2.55 bits per heavy atom. The predicted molar refractivity (Wildman–Crippen MR) is 111 cm³/mol. The second kappa shape index (κ2) is 8.16. The Morgan fingerprint density at radius 1 is 1.14 bits per heavy atom. The lowest BCUT2D eigenvalue weighted by atomic mass is 10.1. The zero-order valence-corrected chi connectivity index (χ0v) is 17.1. The van der Waals surface area contributed by atoms with Crippen molar-refractivity contribution in [3.63, 3.8) is 0 Å². The van der Waals surface area contributed by atoms with Crippen molar-refractivity contribution >= 4 is 23.2 Å². The van der Waals surface area contributed by atoms with Gasteiger partial charge in [0.05, 0.1) is 12.0 Å². The van der Waals surface area contributed by atoms with Gasteiger partial charge in [-0.1, -0.05) is 12.1 Å². The first-order chi connectivity index (χ1) is 14.0. The zero-order valence-electron chi connectivity index (χ0n) is 16.3. The summed E-state index contributed by atoms with van der Waals surface area (Å²) in [6, 6.07) is 10.0. The number of carbonyl (C=O) groups excluding carboxylic acids is 1. The highest BCUT2D eigenvalue weighted by molar-refractivity contribution is 7.17. The number of hydrogen-bond acceptors (Lipinski definition) is 6. The van der Waals surface area contributed by atoms with E-state index in [-0.39, 0.29) is 11.7 Å². The van der Waals surface area contributed by atoms with E-state index in [9.17, 15) is 9.18 Å². The summed E-state index contributed by atoms with van der Waals surface area (Å²) >= 11 is 1.45. The number of thiophene rings is 1. The molecule has 1 amide bonds. The van der Waals surface area contributed by atoms with Crippen molar-refractivity contribution in [3.05, 3.63) is 58.9 Å². The summed E-state index contributed by atoms with van der Waals surface area (Å²) in [6.07, 6.45) is 1.67. The van der Waals surface area contributed by atoms with Gasteiger partial charge in [-0.3, -0.25) is 4.79 Å². The number of carbonyl (C=O) groups is 1. The minimum Gasteiger partial charge on any atom is -0.481 e. The molecule has 0 radical (unpaired) electrons. The Hall–Kier alpha value is -3.00. The van der Waals surface area contributed by atoms with Crippen molar-refractivity contribution in [2.75, 3.05) is 38.2 Å². The van der Waals surface area contributed by atoms with Crippen LogP contribution in [-0.2, 0) is 0 Å². The second-order valence-corrected chi connectivity index (χ2v) is 7.86. The fraction of sp³-hybridized carbons (Fsp3) is 0.286. The molecule has 3 heterocycles. The average Bonchev–Trinajstić information content (AvgIpc) is 3.15. The van der Waals surface area contributed by atoms with Crippen molar-refractivity contribution in [3.8, 4) is 16.3 Å². The first-order valence-electron chi connectivity index (χ1n) is 9.33. The van der Waals surface area contributed by atoms with Gasteiger partial charge in [0.15, 0.2) is 0 Å². The van der Waals surface area contributed by atoms with Crippen LogP contribution in [0.2, 0.25) is 0 Å². The predicted octanol–water partition coefficient (Wildman–Crippen LogP) is 3.62. The molecular formula is C21H21FN4O2S. The standard InChI is InChI=1S/C21H21FN4O2S/c1-14-13-17(29-19(14)15-3-5-16(22)6-4-15)20(27)25-9-11-26(12-10-25)21-23-8-7-18(24-21)28-2/h3-8,13H,9-12H2,1-2H3. The lowest BCUT2D eigenvalue weighted by Gasteiger charge is -2.34. The number of methoxy groups -OCH3 is 1. The number of piperazine rings is 1. The van der Waals surface area contributed by atoms with E-state index in [1.54, 1.807) is 31.5 Å². The minimum absolute atomic E-state index is 0.0256. The van der Waals surface area contributed by atoms with Crippen molar-refractivity contribution in [1.29, 1.82) is 0 Å². The number of aryl methyl sites for hydroxylation is 1. The van der Waals surface area contributed by atoms with Gasteiger partial charge in [-0.15, -0.1) is 11.3 Å². The van der Waals surface area contributed by atoms with E-state index < -0.39 is 0 Å². The summed E-state index contributed by atoms with van der Waals surface area (Å²) in [5.41, 5.74) is 1.95. The highest BCUT2D eigenvalue weighted by atomic mass is 32.1.